The van der Waals surface area contributed by atoms with Crippen molar-refractivity contribution < 1.29 is 0 Å². The molecule has 0 unspecified atom stereocenters. The highest BCUT2D eigenvalue weighted by Gasteiger charge is 2.46. The highest BCUT2D eigenvalue weighted by Crippen LogP contribution is 2.65. The van der Waals surface area contributed by atoms with E-state index >= 15 is 0 Å². The Balaban J connectivity index is 0.0000000829. The normalized spacial score (nSPS) is 14.9. The molecule has 8 nitrogen and oxygen atoms in total. The molecule has 0 fully saturated rings. The van der Waals surface area contributed by atoms with Gasteiger partial charge in [-0.3, -0.25) is 19.9 Å². The lowest BCUT2D eigenvalue weighted by molar-refractivity contribution is 0.969. The van der Waals surface area contributed by atoms with Crippen molar-refractivity contribution in [3.63, 3.8) is 0 Å². The number of hydrogen-bond donors (Lipinski definition) is 0. The molecule has 0 saturated heterocycles. The molecule has 0 atom stereocenters. The van der Waals surface area contributed by atoms with Gasteiger partial charge in [-0.15, -0.1) is 0 Å². The Kier molecular flexibility index (Phi) is 15.6. The number of pyridine rings is 4. The van der Waals surface area contributed by atoms with Gasteiger partial charge in [-0.2, -0.15) is 0 Å². The summed E-state index contributed by atoms with van der Waals surface area (Å²) < 4.78 is 0. The average molecular weight is 1790 g/mol. The second-order valence-corrected chi connectivity index (χ2v) is 41.4. The highest BCUT2D eigenvalue weighted by atomic mass is 15.2. The maximum Gasteiger partial charge on any atom is 0.141 e. The third kappa shape index (κ3) is 10.6. The predicted octanol–water partition coefficient (Wildman–Crippen LogP) is 30.0. The van der Waals surface area contributed by atoms with Gasteiger partial charge in [-0.1, -0.05) is 249 Å². The molecular weight excluding hydrogens is 1700 g/mol. The zero-order chi connectivity index (χ0) is 90.7. The maximum atomic E-state index is 4.95. The van der Waals surface area contributed by atoms with Crippen LogP contribution in [-0.2, 0) is 103 Å². The first-order valence-electron chi connectivity index (χ1n) is 50.3. The Labute approximate surface area is 812 Å². The lowest BCUT2D eigenvalue weighted by Crippen LogP contribution is -2.26. The Bertz CT molecular complexity index is 8090. The van der Waals surface area contributed by atoms with Crippen molar-refractivity contribution in [2.24, 2.45) is 0 Å². The Morgan fingerprint density at radius 1 is 0.157 bits per heavy atom. The van der Waals surface area contributed by atoms with Crippen LogP contribution in [0, 0.1) is 0 Å². The number of anilines is 12. The minimum Gasteiger partial charge on any atom is -0.309 e. The van der Waals surface area contributed by atoms with Gasteiger partial charge in [0, 0.05) is 82.4 Å². The van der Waals surface area contributed by atoms with Crippen LogP contribution in [0.5, 0.6) is 0 Å². The van der Waals surface area contributed by atoms with Gasteiger partial charge in [0.2, 0.25) is 0 Å². The van der Waals surface area contributed by atoms with Crippen molar-refractivity contribution in [1.29, 1.82) is 0 Å². The highest BCUT2D eigenvalue weighted by molar-refractivity contribution is 6.05. The van der Waals surface area contributed by atoms with E-state index in [2.05, 4.69) is 345 Å². The summed E-state index contributed by atoms with van der Waals surface area (Å²) in [5.74, 6) is 1.10. The molecule has 656 valence electrons. The van der Waals surface area contributed by atoms with Crippen molar-refractivity contribution in [2.75, 3.05) is 19.6 Å². The first-order chi connectivity index (χ1) is 69.4. The summed E-state index contributed by atoms with van der Waals surface area (Å²) in [7, 11) is 0. The fraction of sp³-hybridized carbons (Fsp3) is 0.121. The molecule has 16 aliphatic rings. The SMILES string of the molecule is c1ccc2c(c1)Cc1ccc3c(c1-2)Cc1cc2c(c4c1N3c1cccnc1C4)-c1ccccc1C2.c1ccc2c(c1)Cc1ccc3c(c1-2)Cc1cc2c(c4c1N3c1ccncc1C4)-c1ccccc1C2.c1ccc2c(c1)Cc1ccc3c(c1-2)Cc1cc2c(c4c1N3c1cnccc1C4)-c1ccccc1C2.c1ccc2c(c1)Cc1ccc3c(c1-2)Cc1cc2c(c4c1N3c1ncccc1C4)-c1ccccc1C2. The van der Waals surface area contributed by atoms with Gasteiger partial charge in [0.25, 0.3) is 0 Å². The standard InChI is InChI=1S/4C33H22N2/c1-3-9-25-19(6-1)14-21-11-12-29-27(30(21)25)18-24-16-23-15-20-7-2-4-10-26(20)31(23)28-17-22-8-5-13-34-33(22)35(29)32(24)28;1-3-8-24-19(6-1)14-21-11-12-29-26(31(21)24)17-23-16-22-15-20-7-2-4-9-25(20)32(22)27-18-28-30(10-5-13-34-28)35(29)33(23)27;1-3-7-25-19(5-1)13-22-9-10-29-27(31(22)25)17-24-15-23-14-20-6-2-4-8-26(20)32(23)28-16-21-11-12-34-18-30(21)35(29)33(24)28;1-3-7-25-19(5-1)13-21-9-10-30-27(31(21)25)16-23-15-22-14-20-6-2-4-8-26(20)32(22)28-17-24-18-34-12-11-29(24)35(30)33(23)28/h2*1-13,16H,14-15,17-18H2;2*1-12,15,18H,13-14,16-17H2. The quantitative estimate of drug-likeness (QED) is 0.149. The van der Waals surface area contributed by atoms with Crippen LogP contribution >= 0.6 is 0 Å². The van der Waals surface area contributed by atoms with E-state index in [-0.39, 0.29) is 0 Å². The number of fused-ring (bicyclic) bond motifs is 48. The van der Waals surface area contributed by atoms with Crippen LogP contribution in [0.4, 0.5) is 68.4 Å². The smallest absolute Gasteiger partial charge is 0.141 e. The maximum absolute atomic E-state index is 4.95. The second-order valence-electron chi connectivity index (χ2n) is 41.4. The molecule has 0 saturated carbocycles. The zero-order valence-electron chi connectivity index (χ0n) is 77.2. The zero-order valence-corrected chi connectivity index (χ0v) is 77.2. The van der Waals surface area contributed by atoms with Crippen LogP contribution in [0.2, 0.25) is 0 Å². The first kappa shape index (κ1) is 76.5. The fourth-order valence-corrected chi connectivity index (χ4v) is 28.9. The fourth-order valence-electron chi connectivity index (χ4n) is 28.9. The summed E-state index contributed by atoms with van der Waals surface area (Å²) in [5, 5.41) is 0. The van der Waals surface area contributed by atoms with Gasteiger partial charge >= 0.3 is 0 Å². The molecule has 16 aromatic carbocycles. The number of nitrogens with zero attached hydrogens (tertiary/aromatic N) is 8. The van der Waals surface area contributed by atoms with Gasteiger partial charge in [0.05, 0.1) is 74.5 Å². The first-order valence-corrected chi connectivity index (χ1v) is 50.3. The molecule has 8 heteroatoms. The van der Waals surface area contributed by atoms with Crippen LogP contribution in [0.15, 0.2) is 340 Å². The van der Waals surface area contributed by atoms with Crippen LogP contribution < -0.4 is 19.6 Å². The summed E-state index contributed by atoms with van der Waals surface area (Å²) in [6.07, 6.45) is 28.0. The molecule has 4 aromatic heterocycles. The van der Waals surface area contributed by atoms with Gasteiger partial charge in [-0.05, 0) is 367 Å². The van der Waals surface area contributed by atoms with E-state index in [0.717, 1.165) is 109 Å². The van der Waals surface area contributed by atoms with Crippen molar-refractivity contribution in [3.8, 4) is 89.0 Å². The van der Waals surface area contributed by atoms with Crippen LogP contribution in [-0.4, -0.2) is 19.9 Å². The monoisotopic (exact) mass is 1780 g/mol. The van der Waals surface area contributed by atoms with Crippen LogP contribution in [0.25, 0.3) is 89.0 Å². The topological polar surface area (TPSA) is 64.5 Å². The predicted molar refractivity (Wildman–Crippen MR) is 564 cm³/mol. The lowest BCUT2D eigenvalue weighted by Gasteiger charge is -2.41. The molecule has 0 spiro atoms. The molecular formula is C132H88N8. The minimum atomic E-state index is 0.898. The summed E-state index contributed by atoms with van der Waals surface area (Å²) in [6, 6.07) is 114. The third-order valence-electron chi connectivity index (χ3n) is 34.3. The van der Waals surface area contributed by atoms with Gasteiger partial charge in [0.15, 0.2) is 0 Å². The summed E-state index contributed by atoms with van der Waals surface area (Å²) in [4.78, 5) is 29.1. The van der Waals surface area contributed by atoms with E-state index in [0.29, 0.717) is 0 Å². The molecule has 20 aromatic rings. The minimum absolute atomic E-state index is 0.898. The van der Waals surface area contributed by atoms with E-state index in [1.807, 2.05) is 24.8 Å². The molecule has 8 aliphatic carbocycles. The molecule has 0 bridgehead atoms. The number of aromatic nitrogens is 4. The number of benzene rings is 16. The molecule has 0 amide bonds. The van der Waals surface area contributed by atoms with E-state index in [4.69, 9.17) is 9.97 Å². The Hall–Kier alpha value is -16.7. The molecule has 12 heterocycles. The lowest BCUT2D eigenvalue weighted by atomic mass is 9.80. The van der Waals surface area contributed by atoms with Gasteiger partial charge in [-0.25, -0.2) is 4.98 Å². The molecule has 8 aliphatic heterocycles. The summed E-state index contributed by atoms with van der Waals surface area (Å²) in [5.41, 5.74) is 84.0. The second kappa shape index (κ2) is 28.5. The largest absolute Gasteiger partial charge is 0.309 e. The Morgan fingerprint density at radius 2 is 0.443 bits per heavy atom. The van der Waals surface area contributed by atoms with Gasteiger partial charge in [0.1, 0.15) is 5.82 Å². The van der Waals surface area contributed by atoms with E-state index < -0.39 is 0 Å². The van der Waals surface area contributed by atoms with Crippen molar-refractivity contribution in [1.82, 2.24) is 19.9 Å². The molecule has 0 radical (unpaired) electrons. The molecule has 36 rings (SSSR count). The van der Waals surface area contributed by atoms with Crippen molar-refractivity contribution in [2.45, 2.75) is 103 Å². The average Bonchev–Trinajstić information content (AvgIpc) is 1.22. The third-order valence-corrected chi connectivity index (χ3v) is 34.3. The number of rotatable bonds is 0. The Morgan fingerprint density at radius 3 is 0.843 bits per heavy atom. The van der Waals surface area contributed by atoms with Crippen LogP contribution in [0.3, 0.4) is 0 Å². The van der Waals surface area contributed by atoms with Crippen molar-refractivity contribution in [3.05, 3.63) is 519 Å². The summed E-state index contributed by atoms with van der Waals surface area (Å²) >= 11 is 0. The summed E-state index contributed by atoms with van der Waals surface area (Å²) in [6.45, 7) is 0. The van der Waals surface area contributed by atoms with Crippen molar-refractivity contribution >= 4 is 68.4 Å². The van der Waals surface area contributed by atoms with E-state index in [9.17, 15) is 0 Å². The number of hydrogen-bond acceptors (Lipinski definition) is 8. The van der Waals surface area contributed by atoms with E-state index in [1.54, 1.807) is 0 Å². The van der Waals surface area contributed by atoms with Crippen LogP contribution in [0.1, 0.15) is 178 Å². The molecule has 0 N–H and O–H groups in total. The molecule has 140 heavy (non-hydrogen) atoms. The van der Waals surface area contributed by atoms with Gasteiger partial charge < -0.3 is 14.7 Å². The van der Waals surface area contributed by atoms with E-state index in [1.165, 1.54) is 330 Å².